The summed E-state index contributed by atoms with van der Waals surface area (Å²) in [7, 11) is 1.66. The van der Waals surface area contributed by atoms with Gasteiger partial charge in [0.2, 0.25) is 0 Å². The second-order valence-corrected chi connectivity index (χ2v) is 5.03. The predicted molar refractivity (Wildman–Crippen MR) is 87.3 cm³/mol. The third-order valence-corrected chi connectivity index (χ3v) is 3.39. The van der Waals surface area contributed by atoms with Crippen molar-refractivity contribution in [3.05, 3.63) is 42.1 Å². The summed E-state index contributed by atoms with van der Waals surface area (Å²) in [5.41, 5.74) is 9.23. The molecule has 3 aromatic rings. The number of aryl methyl sites for hydroxylation is 1. The van der Waals surface area contributed by atoms with Crippen molar-refractivity contribution in [2.24, 2.45) is 5.73 Å². The summed E-state index contributed by atoms with van der Waals surface area (Å²) < 4.78 is 7.00. The largest absolute Gasteiger partial charge is 0.497 e. The molecule has 0 aliphatic carbocycles. The maximum absolute atomic E-state index is 5.59. The first-order valence-corrected chi connectivity index (χ1v) is 7.17. The molecule has 0 aliphatic heterocycles. The molecular formula is C16H19N5O. The highest BCUT2D eigenvalue weighted by molar-refractivity contribution is 5.67. The average molecular weight is 297 g/mol. The van der Waals surface area contributed by atoms with E-state index in [1.165, 1.54) is 0 Å². The molecule has 6 nitrogen and oxygen atoms in total. The Labute approximate surface area is 128 Å². The van der Waals surface area contributed by atoms with E-state index in [1.54, 1.807) is 11.6 Å². The molecule has 0 unspecified atom stereocenters. The van der Waals surface area contributed by atoms with Crippen LogP contribution in [-0.2, 0) is 0 Å². The zero-order valence-corrected chi connectivity index (χ0v) is 12.7. The number of fused-ring (bicyclic) bond motifs is 1. The quantitative estimate of drug-likeness (QED) is 0.754. The van der Waals surface area contributed by atoms with Gasteiger partial charge in [-0.1, -0.05) is 0 Å². The monoisotopic (exact) mass is 297 g/mol. The van der Waals surface area contributed by atoms with Gasteiger partial charge in [0.1, 0.15) is 11.6 Å². The van der Waals surface area contributed by atoms with Crippen LogP contribution in [0.2, 0.25) is 0 Å². The Kier molecular flexibility index (Phi) is 3.93. The standard InChI is InChI=1S/C16H19N5O/c1-11-9-16-19-14(12-3-5-13(22-2)6-4-12)10-15(18-8-7-17)21(16)20-11/h3-6,9-10,18H,7-8,17H2,1-2H3. The lowest BCUT2D eigenvalue weighted by molar-refractivity contribution is 0.415. The summed E-state index contributed by atoms with van der Waals surface area (Å²) in [4.78, 5) is 4.68. The summed E-state index contributed by atoms with van der Waals surface area (Å²) in [6.45, 7) is 3.19. The van der Waals surface area contributed by atoms with E-state index in [4.69, 9.17) is 10.5 Å². The minimum Gasteiger partial charge on any atom is -0.497 e. The lowest BCUT2D eigenvalue weighted by atomic mass is 10.1. The van der Waals surface area contributed by atoms with Crippen molar-refractivity contribution in [1.82, 2.24) is 14.6 Å². The zero-order valence-electron chi connectivity index (χ0n) is 12.7. The summed E-state index contributed by atoms with van der Waals surface area (Å²) in [6, 6.07) is 11.8. The van der Waals surface area contributed by atoms with Gasteiger partial charge in [0.15, 0.2) is 5.65 Å². The zero-order chi connectivity index (χ0) is 15.5. The van der Waals surface area contributed by atoms with Gasteiger partial charge in [-0.2, -0.15) is 9.61 Å². The van der Waals surface area contributed by atoms with Crippen LogP contribution in [0.3, 0.4) is 0 Å². The van der Waals surface area contributed by atoms with Gasteiger partial charge in [-0.25, -0.2) is 4.98 Å². The molecule has 0 saturated heterocycles. The van der Waals surface area contributed by atoms with Gasteiger partial charge < -0.3 is 15.8 Å². The number of nitrogens with zero attached hydrogens (tertiary/aromatic N) is 3. The van der Waals surface area contributed by atoms with E-state index in [2.05, 4.69) is 15.4 Å². The Bertz CT molecular complexity index is 779. The molecule has 2 heterocycles. The lowest BCUT2D eigenvalue weighted by Gasteiger charge is -2.10. The molecule has 0 aliphatic rings. The van der Waals surface area contributed by atoms with Crippen LogP contribution in [0.15, 0.2) is 36.4 Å². The van der Waals surface area contributed by atoms with E-state index in [-0.39, 0.29) is 0 Å². The maximum atomic E-state index is 5.59. The smallest absolute Gasteiger partial charge is 0.158 e. The third kappa shape index (κ3) is 2.73. The van der Waals surface area contributed by atoms with Gasteiger partial charge in [0, 0.05) is 30.8 Å². The highest BCUT2D eigenvalue weighted by Gasteiger charge is 2.09. The molecular weight excluding hydrogens is 278 g/mol. The van der Waals surface area contributed by atoms with Crippen molar-refractivity contribution in [3.8, 4) is 17.0 Å². The molecule has 0 bridgehead atoms. The van der Waals surface area contributed by atoms with Gasteiger partial charge in [0.05, 0.1) is 18.5 Å². The Hall–Kier alpha value is -2.60. The van der Waals surface area contributed by atoms with Gasteiger partial charge in [-0.05, 0) is 31.2 Å². The number of nitrogens with two attached hydrogens (primary N) is 1. The minimum atomic E-state index is 0.557. The molecule has 1 aromatic carbocycles. The second-order valence-electron chi connectivity index (χ2n) is 5.03. The van der Waals surface area contributed by atoms with E-state index in [0.29, 0.717) is 13.1 Å². The average Bonchev–Trinajstić information content (AvgIpc) is 2.93. The normalized spacial score (nSPS) is 10.9. The molecule has 22 heavy (non-hydrogen) atoms. The van der Waals surface area contributed by atoms with Crippen molar-refractivity contribution in [2.45, 2.75) is 6.92 Å². The Morgan fingerprint density at radius 2 is 2.00 bits per heavy atom. The second kappa shape index (κ2) is 6.03. The van der Waals surface area contributed by atoms with Crippen molar-refractivity contribution in [3.63, 3.8) is 0 Å². The Morgan fingerprint density at radius 1 is 1.23 bits per heavy atom. The summed E-state index contributed by atoms with van der Waals surface area (Å²) in [6.07, 6.45) is 0. The number of anilines is 1. The molecule has 0 radical (unpaired) electrons. The van der Waals surface area contributed by atoms with Crippen molar-refractivity contribution >= 4 is 11.5 Å². The first kappa shape index (κ1) is 14.3. The fraction of sp³-hybridized carbons (Fsp3) is 0.250. The topological polar surface area (TPSA) is 77.5 Å². The number of benzene rings is 1. The maximum Gasteiger partial charge on any atom is 0.158 e. The molecule has 114 valence electrons. The minimum absolute atomic E-state index is 0.557. The molecule has 6 heteroatoms. The van der Waals surface area contributed by atoms with Gasteiger partial charge in [0.25, 0.3) is 0 Å². The number of hydrogen-bond donors (Lipinski definition) is 2. The Morgan fingerprint density at radius 3 is 2.68 bits per heavy atom. The number of methoxy groups -OCH3 is 1. The van der Waals surface area contributed by atoms with E-state index < -0.39 is 0 Å². The third-order valence-electron chi connectivity index (χ3n) is 3.39. The van der Waals surface area contributed by atoms with E-state index in [1.807, 2.05) is 43.3 Å². The van der Waals surface area contributed by atoms with Crippen LogP contribution in [0.1, 0.15) is 5.69 Å². The first-order chi connectivity index (χ1) is 10.7. The summed E-state index contributed by atoms with van der Waals surface area (Å²) in [5, 5.41) is 7.75. The van der Waals surface area contributed by atoms with Gasteiger partial charge >= 0.3 is 0 Å². The van der Waals surface area contributed by atoms with Crippen LogP contribution in [0.25, 0.3) is 16.9 Å². The van der Waals surface area contributed by atoms with Gasteiger partial charge in [-0.3, -0.25) is 0 Å². The highest BCUT2D eigenvalue weighted by atomic mass is 16.5. The molecule has 2 aromatic heterocycles. The molecule has 0 spiro atoms. The number of rotatable bonds is 5. The molecule has 0 fully saturated rings. The predicted octanol–water partition coefficient (Wildman–Crippen LogP) is 2.08. The molecule has 3 rings (SSSR count). The number of aromatic nitrogens is 3. The van der Waals surface area contributed by atoms with Crippen LogP contribution in [-0.4, -0.2) is 34.8 Å². The van der Waals surface area contributed by atoms with Crippen LogP contribution >= 0.6 is 0 Å². The highest BCUT2D eigenvalue weighted by Crippen LogP contribution is 2.24. The number of hydrogen-bond acceptors (Lipinski definition) is 5. The van der Waals surface area contributed by atoms with Crippen molar-refractivity contribution in [2.75, 3.05) is 25.5 Å². The molecule has 0 amide bonds. The van der Waals surface area contributed by atoms with Crippen molar-refractivity contribution < 1.29 is 4.74 Å². The van der Waals surface area contributed by atoms with Gasteiger partial charge in [-0.15, -0.1) is 0 Å². The molecule has 0 saturated carbocycles. The van der Waals surface area contributed by atoms with Crippen molar-refractivity contribution in [1.29, 1.82) is 0 Å². The first-order valence-electron chi connectivity index (χ1n) is 7.17. The van der Waals surface area contributed by atoms with E-state index >= 15 is 0 Å². The molecule has 0 atom stereocenters. The van der Waals surface area contributed by atoms with Crippen LogP contribution in [0.5, 0.6) is 5.75 Å². The van der Waals surface area contributed by atoms with Crippen LogP contribution < -0.4 is 15.8 Å². The van der Waals surface area contributed by atoms with Crippen LogP contribution in [0.4, 0.5) is 5.82 Å². The SMILES string of the molecule is COc1ccc(-c2cc(NCCN)n3nc(C)cc3n2)cc1. The fourth-order valence-corrected chi connectivity index (χ4v) is 2.32. The Balaban J connectivity index is 2.08. The lowest BCUT2D eigenvalue weighted by Crippen LogP contribution is -2.15. The number of ether oxygens (including phenoxy) is 1. The summed E-state index contributed by atoms with van der Waals surface area (Å²) in [5.74, 6) is 1.71. The summed E-state index contributed by atoms with van der Waals surface area (Å²) >= 11 is 0. The molecule has 3 N–H and O–H groups in total. The fourth-order valence-electron chi connectivity index (χ4n) is 2.32. The van der Waals surface area contributed by atoms with E-state index in [0.717, 1.165) is 34.2 Å². The number of nitrogens with one attached hydrogen (secondary N) is 1. The van der Waals surface area contributed by atoms with E-state index in [9.17, 15) is 0 Å². The van der Waals surface area contributed by atoms with Crippen LogP contribution in [0, 0.1) is 6.92 Å².